The Morgan fingerprint density at radius 3 is 2.83 bits per heavy atom. The normalized spacial score (nSPS) is 16.1. The summed E-state index contributed by atoms with van der Waals surface area (Å²) in [6.07, 6.45) is 4.45. The maximum Gasteiger partial charge on any atom is 0.274 e. The highest BCUT2D eigenvalue weighted by Crippen LogP contribution is 2.21. The van der Waals surface area contributed by atoms with Crippen molar-refractivity contribution in [2.24, 2.45) is 0 Å². The van der Waals surface area contributed by atoms with Crippen molar-refractivity contribution in [3.05, 3.63) is 39.7 Å². The largest absolute Gasteiger partial charge is 0.298 e. The van der Waals surface area contributed by atoms with E-state index in [1.807, 2.05) is 0 Å². The van der Waals surface area contributed by atoms with Crippen LogP contribution in [0.15, 0.2) is 18.2 Å². The van der Waals surface area contributed by atoms with Gasteiger partial charge in [-0.25, -0.2) is 4.39 Å². The molecule has 0 amide bonds. The maximum atomic E-state index is 13.0. The number of benzene rings is 1. The lowest BCUT2D eigenvalue weighted by molar-refractivity contribution is -0.385. The first kappa shape index (κ1) is 12.9. The van der Waals surface area contributed by atoms with Gasteiger partial charge in [0.25, 0.3) is 5.69 Å². The fourth-order valence-electron chi connectivity index (χ4n) is 2.12. The Balaban J connectivity index is 1.94. The van der Waals surface area contributed by atoms with Gasteiger partial charge < -0.3 is 0 Å². The quantitative estimate of drug-likeness (QED) is 0.648. The molecular formula is C12H15FN2O3. The van der Waals surface area contributed by atoms with E-state index in [4.69, 9.17) is 4.84 Å². The monoisotopic (exact) mass is 254 g/mol. The molecule has 0 unspecified atom stereocenters. The molecule has 0 heterocycles. The second kappa shape index (κ2) is 5.88. The summed E-state index contributed by atoms with van der Waals surface area (Å²) < 4.78 is 13.0. The van der Waals surface area contributed by atoms with Crippen molar-refractivity contribution in [1.82, 2.24) is 5.48 Å². The second-order valence-electron chi connectivity index (χ2n) is 4.38. The van der Waals surface area contributed by atoms with E-state index in [-0.39, 0.29) is 23.9 Å². The minimum absolute atomic E-state index is 0.0982. The fraction of sp³-hybridized carbons (Fsp3) is 0.500. The van der Waals surface area contributed by atoms with Gasteiger partial charge in [0.05, 0.1) is 17.6 Å². The fourth-order valence-corrected chi connectivity index (χ4v) is 2.12. The zero-order chi connectivity index (χ0) is 13.0. The van der Waals surface area contributed by atoms with Crippen molar-refractivity contribution in [3.8, 4) is 0 Å². The molecule has 1 aliphatic carbocycles. The van der Waals surface area contributed by atoms with Gasteiger partial charge >= 0.3 is 0 Å². The van der Waals surface area contributed by atoms with Crippen LogP contribution in [0.1, 0.15) is 31.2 Å². The van der Waals surface area contributed by atoms with Gasteiger partial charge in [-0.3, -0.25) is 15.0 Å². The van der Waals surface area contributed by atoms with Crippen molar-refractivity contribution >= 4 is 5.69 Å². The van der Waals surface area contributed by atoms with E-state index in [1.165, 1.54) is 6.07 Å². The van der Waals surface area contributed by atoms with Gasteiger partial charge in [-0.2, -0.15) is 5.48 Å². The molecule has 98 valence electrons. The Morgan fingerprint density at radius 2 is 2.17 bits per heavy atom. The Hall–Kier alpha value is -1.53. The minimum Gasteiger partial charge on any atom is -0.298 e. The van der Waals surface area contributed by atoms with Gasteiger partial charge in [0, 0.05) is 11.6 Å². The first-order valence-electron chi connectivity index (χ1n) is 5.98. The Kier molecular flexibility index (Phi) is 4.22. The van der Waals surface area contributed by atoms with Crippen molar-refractivity contribution in [1.29, 1.82) is 0 Å². The van der Waals surface area contributed by atoms with Crippen LogP contribution in [-0.4, -0.2) is 11.0 Å². The summed E-state index contributed by atoms with van der Waals surface area (Å²) in [4.78, 5) is 15.6. The molecule has 1 saturated carbocycles. The van der Waals surface area contributed by atoms with Gasteiger partial charge in [-0.05, 0) is 25.0 Å². The van der Waals surface area contributed by atoms with Crippen LogP contribution in [0.2, 0.25) is 0 Å². The van der Waals surface area contributed by atoms with E-state index in [1.54, 1.807) is 0 Å². The molecule has 18 heavy (non-hydrogen) atoms. The standard InChI is InChI=1S/C12H15FN2O3/c13-10-5-6-12(15(16)17)9(7-10)8-14-18-11-3-1-2-4-11/h5-7,11,14H,1-4,8H2. The molecule has 1 fully saturated rings. The lowest BCUT2D eigenvalue weighted by atomic mass is 10.2. The molecule has 2 rings (SSSR count). The molecule has 0 aliphatic heterocycles. The lowest BCUT2D eigenvalue weighted by Gasteiger charge is -2.11. The molecule has 1 aliphatic rings. The maximum absolute atomic E-state index is 13.0. The van der Waals surface area contributed by atoms with E-state index in [9.17, 15) is 14.5 Å². The third-order valence-corrected chi connectivity index (χ3v) is 3.05. The molecule has 0 atom stereocenters. The third-order valence-electron chi connectivity index (χ3n) is 3.05. The SMILES string of the molecule is O=[N+]([O-])c1ccc(F)cc1CNOC1CCCC1. The predicted molar refractivity (Wildman–Crippen MR) is 63.2 cm³/mol. The van der Waals surface area contributed by atoms with Crippen LogP contribution in [0.25, 0.3) is 0 Å². The van der Waals surface area contributed by atoms with Crippen molar-refractivity contribution in [2.45, 2.75) is 38.3 Å². The molecular weight excluding hydrogens is 239 g/mol. The van der Waals surface area contributed by atoms with Gasteiger partial charge in [-0.15, -0.1) is 0 Å². The summed E-state index contributed by atoms with van der Waals surface area (Å²) in [6.45, 7) is 0.130. The Morgan fingerprint density at radius 1 is 1.44 bits per heavy atom. The smallest absolute Gasteiger partial charge is 0.274 e. The summed E-state index contributed by atoms with van der Waals surface area (Å²) in [5, 5.41) is 10.8. The molecule has 0 spiro atoms. The summed E-state index contributed by atoms with van der Waals surface area (Å²) >= 11 is 0. The highest BCUT2D eigenvalue weighted by atomic mass is 19.1. The number of nitrogens with one attached hydrogen (secondary N) is 1. The zero-order valence-electron chi connectivity index (χ0n) is 9.89. The number of rotatable bonds is 5. The van der Waals surface area contributed by atoms with Crippen molar-refractivity contribution in [2.75, 3.05) is 0 Å². The molecule has 1 aromatic carbocycles. The summed E-state index contributed by atoms with van der Waals surface area (Å²) in [7, 11) is 0. The molecule has 0 bridgehead atoms. The van der Waals surface area contributed by atoms with Gasteiger partial charge in [0.1, 0.15) is 5.82 Å². The third kappa shape index (κ3) is 3.24. The second-order valence-corrected chi connectivity index (χ2v) is 4.38. The summed E-state index contributed by atoms with van der Waals surface area (Å²) in [5.74, 6) is -0.488. The molecule has 6 heteroatoms. The first-order chi connectivity index (χ1) is 8.66. The number of nitrogens with zero attached hydrogens (tertiary/aromatic N) is 1. The van der Waals surface area contributed by atoms with Crippen LogP contribution in [0.3, 0.4) is 0 Å². The van der Waals surface area contributed by atoms with Crippen molar-refractivity contribution < 1.29 is 14.2 Å². The Bertz CT molecular complexity index is 433. The van der Waals surface area contributed by atoms with Crippen LogP contribution >= 0.6 is 0 Å². The van der Waals surface area contributed by atoms with Gasteiger partial charge in [-0.1, -0.05) is 12.8 Å². The van der Waals surface area contributed by atoms with Crippen molar-refractivity contribution in [3.63, 3.8) is 0 Å². The first-order valence-corrected chi connectivity index (χ1v) is 5.98. The zero-order valence-corrected chi connectivity index (χ0v) is 9.89. The number of hydrogen-bond acceptors (Lipinski definition) is 4. The van der Waals surface area contributed by atoms with Crippen LogP contribution < -0.4 is 5.48 Å². The molecule has 0 saturated heterocycles. The van der Waals surface area contributed by atoms with Gasteiger partial charge in [0.15, 0.2) is 0 Å². The highest BCUT2D eigenvalue weighted by Gasteiger charge is 2.17. The van der Waals surface area contributed by atoms with E-state index in [0.29, 0.717) is 0 Å². The summed E-state index contributed by atoms with van der Waals surface area (Å²) in [5.41, 5.74) is 2.89. The predicted octanol–water partition coefficient (Wildman–Crippen LogP) is 2.70. The topological polar surface area (TPSA) is 64.4 Å². The molecule has 0 aromatic heterocycles. The van der Waals surface area contributed by atoms with Crippen LogP contribution in [0, 0.1) is 15.9 Å². The van der Waals surface area contributed by atoms with Crippen LogP contribution in [0.4, 0.5) is 10.1 Å². The summed E-state index contributed by atoms with van der Waals surface area (Å²) in [6, 6.07) is 3.41. The highest BCUT2D eigenvalue weighted by molar-refractivity contribution is 5.40. The van der Waals surface area contributed by atoms with E-state index in [2.05, 4.69) is 5.48 Å². The molecule has 1 aromatic rings. The minimum atomic E-state index is -0.522. The van der Waals surface area contributed by atoms with E-state index < -0.39 is 10.7 Å². The van der Waals surface area contributed by atoms with Crippen LogP contribution in [-0.2, 0) is 11.4 Å². The van der Waals surface area contributed by atoms with Gasteiger partial charge in [0.2, 0.25) is 0 Å². The average molecular weight is 254 g/mol. The lowest BCUT2D eigenvalue weighted by Crippen LogP contribution is -2.21. The average Bonchev–Trinajstić information content (AvgIpc) is 2.82. The van der Waals surface area contributed by atoms with E-state index >= 15 is 0 Å². The molecule has 0 radical (unpaired) electrons. The number of hydroxylamine groups is 1. The number of nitro benzene ring substituents is 1. The molecule has 1 N–H and O–H groups in total. The number of halogens is 1. The number of nitro groups is 1. The number of hydrogen-bond donors (Lipinski definition) is 1. The Labute approximate surface area is 104 Å². The van der Waals surface area contributed by atoms with Crippen LogP contribution in [0.5, 0.6) is 0 Å². The molecule has 5 nitrogen and oxygen atoms in total. The van der Waals surface area contributed by atoms with E-state index in [0.717, 1.165) is 37.8 Å².